The van der Waals surface area contributed by atoms with Gasteiger partial charge in [0.15, 0.2) is 11.5 Å². The molecule has 0 aliphatic carbocycles. The minimum atomic E-state index is 0.248. The fourth-order valence-corrected chi connectivity index (χ4v) is 1.72. The second-order valence-corrected chi connectivity index (χ2v) is 4.11. The van der Waals surface area contributed by atoms with Crippen molar-refractivity contribution < 1.29 is 14.2 Å². The summed E-state index contributed by atoms with van der Waals surface area (Å²) in [5.41, 5.74) is 0. The highest BCUT2D eigenvalue weighted by Gasteiger charge is 2.14. The molecule has 2 heterocycles. The fourth-order valence-electron chi connectivity index (χ4n) is 1.43. The Morgan fingerprint density at radius 3 is 2.88 bits per heavy atom. The molecule has 0 radical (unpaired) electrons. The zero-order valence-electron chi connectivity index (χ0n) is 8.59. The van der Waals surface area contributed by atoms with Gasteiger partial charge >= 0.3 is 0 Å². The van der Waals surface area contributed by atoms with E-state index in [1.807, 2.05) is 0 Å². The van der Waals surface area contributed by atoms with Crippen LogP contribution in [-0.4, -0.2) is 16.8 Å². The summed E-state index contributed by atoms with van der Waals surface area (Å²) < 4.78 is 16.7. The first-order chi connectivity index (χ1) is 8.31. The summed E-state index contributed by atoms with van der Waals surface area (Å²) in [6.45, 7) is 0.248. The van der Waals surface area contributed by atoms with Crippen LogP contribution in [0.15, 0.2) is 35.2 Å². The zero-order valence-corrected chi connectivity index (χ0v) is 10.2. The molecule has 0 N–H and O–H groups in total. The summed E-state index contributed by atoms with van der Waals surface area (Å²) >= 11 is 3.25. The number of hydrogen-bond donors (Lipinski definition) is 0. The van der Waals surface area contributed by atoms with Crippen LogP contribution in [0.2, 0.25) is 0 Å². The van der Waals surface area contributed by atoms with E-state index in [0.717, 1.165) is 5.75 Å². The summed E-state index contributed by atoms with van der Waals surface area (Å²) in [6.07, 6.45) is 1.42. The molecule has 6 heteroatoms. The Morgan fingerprint density at radius 2 is 2.00 bits per heavy atom. The Hall–Kier alpha value is -1.82. The quantitative estimate of drug-likeness (QED) is 0.797. The lowest BCUT2D eigenvalue weighted by atomic mass is 10.3. The Morgan fingerprint density at radius 1 is 1.12 bits per heavy atom. The van der Waals surface area contributed by atoms with Crippen LogP contribution in [0.3, 0.4) is 0 Å². The van der Waals surface area contributed by atoms with Gasteiger partial charge in [0.25, 0.3) is 0 Å². The van der Waals surface area contributed by atoms with Gasteiger partial charge in [-0.3, -0.25) is 0 Å². The van der Waals surface area contributed by atoms with Gasteiger partial charge in [-0.25, -0.2) is 9.97 Å². The minimum absolute atomic E-state index is 0.248. The lowest BCUT2D eigenvalue weighted by Gasteiger charge is -2.05. The van der Waals surface area contributed by atoms with Crippen molar-refractivity contribution in [3.63, 3.8) is 0 Å². The third kappa shape index (κ3) is 2.16. The third-order valence-electron chi connectivity index (χ3n) is 2.18. The topological polar surface area (TPSA) is 53.5 Å². The highest BCUT2D eigenvalue weighted by atomic mass is 79.9. The molecule has 1 aromatic carbocycles. The van der Waals surface area contributed by atoms with Gasteiger partial charge in [0.05, 0.1) is 0 Å². The van der Waals surface area contributed by atoms with Crippen molar-refractivity contribution in [2.45, 2.75) is 0 Å². The third-order valence-corrected chi connectivity index (χ3v) is 2.61. The number of halogens is 1. The van der Waals surface area contributed by atoms with Gasteiger partial charge in [0.2, 0.25) is 12.7 Å². The van der Waals surface area contributed by atoms with E-state index in [1.54, 1.807) is 24.3 Å². The van der Waals surface area contributed by atoms with Gasteiger partial charge in [0, 0.05) is 12.1 Å². The molecule has 1 aliphatic heterocycles. The van der Waals surface area contributed by atoms with E-state index in [9.17, 15) is 0 Å². The van der Waals surface area contributed by atoms with Crippen molar-refractivity contribution in [1.29, 1.82) is 0 Å². The van der Waals surface area contributed by atoms with Gasteiger partial charge < -0.3 is 14.2 Å². The van der Waals surface area contributed by atoms with Crippen LogP contribution in [0.4, 0.5) is 0 Å². The first-order valence-electron chi connectivity index (χ1n) is 4.86. The molecule has 5 nitrogen and oxygen atoms in total. The standard InChI is InChI=1S/C11H7BrN2O3/c12-10-4-11(14-5-13-10)17-7-1-2-8-9(3-7)16-6-15-8/h1-5H,6H2. The molecule has 0 fully saturated rings. The van der Waals surface area contributed by atoms with E-state index in [4.69, 9.17) is 14.2 Å². The van der Waals surface area contributed by atoms with Gasteiger partial charge in [-0.05, 0) is 28.1 Å². The first kappa shape index (κ1) is 10.3. The molecular weight excluding hydrogens is 288 g/mol. The van der Waals surface area contributed by atoms with Gasteiger partial charge in [-0.1, -0.05) is 0 Å². The molecule has 0 spiro atoms. The van der Waals surface area contributed by atoms with Crippen LogP contribution >= 0.6 is 15.9 Å². The lowest BCUT2D eigenvalue weighted by Crippen LogP contribution is -1.93. The highest BCUT2D eigenvalue weighted by Crippen LogP contribution is 2.36. The van der Waals surface area contributed by atoms with E-state index in [-0.39, 0.29) is 6.79 Å². The molecule has 0 atom stereocenters. The van der Waals surface area contributed by atoms with Crippen molar-refractivity contribution in [3.8, 4) is 23.1 Å². The number of nitrogens with zero attached hydrogens (tertiary/aromatic N) is 2. The molecule has 3 rings (SSSR count). The summed E-state index contributed by atoms with van der Waals surface area (Å²) in [6, 6.07) is 7.04. The summed E-state index contributed by atoms with van der Waals surface area (Å²) in [4.78, 5) is 7.91. The zero-order chi connectivity index (χ0) is 11.7. The number of ether oxygens (including phenoxy) is 3. The van der Waals surface area contributed by atoms with E-state index in [1.165, 1.54) is 6.33 Å². The monoisotopic (exact) mass is 294 g/mol. The number of hydrogen-bond acceptors (Lipinski definition) is 5. The van der Waals surface area contributed by atoms with Gasteiger partial charge in [-0.2, -0.15) is 0 Å². The van der Waals surface area contributed by atoms with Crippen LogP contribution in [0.25, 0.3) is 0 Å². The van der Waals surface area contributed by atoms with Crippen molar-refractivity contribution >= 4 is 15.9 Å². The maximum atomic E-state index is 5.57. The van der Waals surface area contributed by atoms with E-state index < -0.39 is 0 Å². The number of aromatic nitrogens is 2. The summed E-state index contributed by atoms with van der Waals surface area (Å²) in [5.74, 6) is 2.50. The van der Waals surface area contributed by atoms with Crippen molar-refractivity contribution in [1.82, 2.24) is 9.97 Å². The molecule has 0 saturated carbocycles. The maximum Gasteiger partial charge on any atom is 0.231 e. The summed E-state index contributed by atoms with van der Waals surface area (Å²) in [7, 11) is 0. The van der Waals surface area contributed by atoms with E-state index in [2.05, 4.69) is 25.9 Å². The molecule has 0 bridgehead atoms. The van der Waals surface area contributed by atoms with Crippen LogP contribution in [0.5, 0.6) is 23.1 Å². The van der Waals surface area contributed by atoms with Crippen LogP contribution in [0.1, 0.15) is 0 Å². The summed E-state index contributed by atoms with van der Waals surface area (Å²) in [5, 5.41) is 0. The molecular formula is C11H7BrN2O3. The molecule has 0 unspecified atom stereocenters. The first-order valence-corrected chi connectivity index (χ1v) is 5.65. The molecule has 2 aromatic rings. The molecule has 1 aliphatic rings. The average molecular weight is 295 g/mol. The minimum Gasteiger partial charge on any atom is -0.454 e. The second kappa shape index (κ2) is 4.21. The SMILES string of the molecule is Brc1cc(Oc2ccc3c(c2)OCO3)ncn1. The smallest absolute Gasteiger partial charge is 0.231 e. The highest BCUT2D eigenvalue weighted by molar-refractivity contribution is 9.10. The number of benzene rings is 1. The lowest BCUT2D eigenvalue weighted by molar-refractivity contribution is 0.174. The Balaban J connectivity index is 1.86. The number of fused-ring (bicyclic) bond motifs is 1. The second-order valence-electron chi connectivity index (χ2n) is 3.30. The maximum absolute atomic E-state index is 5.57. The largest absolute Gasteiger partial charge is 0.454 e. The van der Waals surface area contributed by atoms with Crippen molar-refractivity contribution in [2.75, 3.05) is 6.79 Å². The Bertz CT molecular complexity index is 562. The molecule has 1 aromatic heterocycles. The van der Waals surface area contributed by atoms with Crippen molar-refractivity contribution in [3.05, 3.63) is 35.2 Å². The number of rotatable bonds is 2. The van der Waals surface area contributed by atoms with Gasteiger partial charge in [0.1, 0.15) is 16.7 Å². The molecule has 86 valence electrons. The van der Waals surface area contributed by atoms with Crippen LogP contribution in [0, 0.1) is 0 Å². The van der Waals surface area contributed by atoms with E-state index >= 15 is 0 Å². The van der Waals surface area contributed by atoms with Gasteiger partial charge in [-0.15, -0.1) is 0 Å². The fraction of sp³-hybridized carbons (Fsp3) is 0.0909. The Kier molecular flexibility index (Phi) is 2.56. The Labute approximate surface area is 105 Å². The van der Waals surface area contributed by atoms with Crippen molar-refractivity contribution in [2.24, 2.45) is 0 Å². The normalized spacial score (nSPS) is 12.5. The molecule has 0 amide bonds. The molecule has 17 heavy (non-hydrogen) atoms. The van der Waals surface area contributed by atoms with E-state index in [0.29, 0.717) is 22.0 Å². The predicted molar refractivity (Wildman–Crippen MR) is 62.4 cm³/mol. The van der Waals surface area contributed by atoms with Crippen LogP contribution in [-0.2, 0) is 0 Å². The molecule has 0 saturated heterocycles. The van der Waals surface area contributed by atoms with Crippen LogP contribution < -0.4 is 14.2 Å². The predicted octanol–water partition coefficient (Wildman–Crippen LogP) is 2.76. The average Bonchev–Trinajstić information content (AvgIpc) is 2.76.